The first kappa shape index (κ1) is 12.0. The minimum Gasteiger partial charge on any atom is -0.459 e. The van der Waals surface area contributed by atoms with E-state index in [9.17, 15) is 0 Å². The van der Waals surface area contributed by atoms with Gasteiger partial charge in [0, 0.05) is 5.39 Å². The van der Waals surface area contributed by atoms with E-state index in [1.165, 1.54) is 5.56 Å². The minimum atomic E-state index is -0.0187. The van der Waals surface area contributed by atoms with E-state index in [0.29, 0.717) is 0 Å². The van der Waals surface area contributed by atoms with E-state index in [2.05, 4.69) is 17.6 Å². The number of hydrogen-bond acceptors (Lipinski definition) is 3. The van der Waals surface area contributed by atoms with Crippen LogP contribution in [0.15, 0.2) is 65.1 Å². The second-order valence-electron chi connectivity index (χ2n) is 4.60. The fraction of sp³-hybridized carbons (Fsp3) is 0.125. The van der Waals surface area contributed by atoms with Gasteiger partial charge in [0.2, 0.25) is 0 Å². The number of hydrogen-bond donors (Lipinski definition) is 2. The summed E-state index contributed by atoms with van der Waals surface area (Å²) in [7, 11) is 0. The monoisotopic (exact) mass is 252 g/mol. The fourth-order valence-electron chi connectivity index (χ4n) is 2.27. The lowest BCUT2D eigenvalue weighted by Gasteiger charge is -2.13. The third-order valence-electron chi connectivity index (χ3n) is 3.27. The van der Waals surface area contributed by atoms with Gasteiger partial charge in [0.1, 0.15) is 11.3 Å². The Balaban J connectivity index is 1.89. The van der Waals surface area contributed by atoms with Gasteiger partial charge in [-0.3, -0.25) is 5.84 Å². The van der Waals surface area contributed by atoms with Crippen molar-refractivity contribution in [3.8, 4) is 0 Å². The number of furan rings is 1. The summed E-state index contributed by atoms with van der Waals surface area (Å²) in [5.74, 6) is 6.53. The molecule has 1 aromatic heterocycles. The number of nitrogens with two attached hydrogens (primary N) is 1. The minimum absolute atomic E-state index is 0.0187. The van der Waals surface area contributed by atoms with E-state index >= 15 is 0 Å². The standard InChI is InChI=1S/C16H16N2O/c17-18-14(10-12-6-2-1-3-7-12)16-11-13-8-4-5-9-15(13)19-16/h1-9,11,14,18H,10,17H2. The molecular weight excluding hydrogens is 236 g/mol. The Kier molecular flexibility index (Phi) is 3.31. The largest absolute Gasteiger partial charge is 0.459 e. The summed E-state index contributed by atoms with van der Waals surface area (Å²) in [6.45, 7) is 0. The highest BCUT2D eigenvalue weighted by Gasteiger charge is 2.15. The van der Waals surface area contributed by atoms with E-state index in [-0.39, 0.29) is 6.04 Å². The molecule has 1 atom stereocenters. The van der Waals surface area contributed by atoms with Crippen molar-refractivity contribution in [1.29, 1.82) is 0 Å². The van der Waals surface area contributed by atoms with Crippen LogP contribution in [0.4, 0.5) is 0 Å². The molecule has 3 rings (SSSR count). The quantitative estimate of drug-likeness (QED) is 0.554. The van der Waals surface area contributed by atoms with Crippen LogP contribution in [0.25, 0.3) is 11.0 Å². The Morgan fingerprint density at radius 3 is 2.47 bits per heavy atom. The third-order valence-corrected chi connectivity index (χ3v) is 3.27. The van der Waals surface area contributed by atoms with Crippen LogP contribution in [-0.2, 0) is 6.42 Å². The molecule has 0 saturated carbocycles. The summed E-state index contributed by atoms with van der Waals surface area (Å²) in [4.78, 5) is 0. The summed E-state index contributed by atoms with van der Waals surface area (Å²) >= 11 is 0. The Hall–Kier alpha value is -2.10. The van der Waals surface area contributed by atoms with Crippen molar-refractivity contribution in [2.75, 3.05) is 0 Å². The maximum Gasteiger partial charge on any atom is 0.134 e. The first-order valence-corrected chi connectivity index (χ1v) is 6.35. The average Bonchev–Trinajstić information content (AvgIpc) is 2.89. The predicted molar refractivity (Wildman–Crippen MR) is 76.4 cm³/mol. The van der Waals surface area contributed by atoms with Gasteiger partial charge in [-0.15, -0.1) is 0 Å². The van der Waals surface area contributed by atoms with Crippen LogP contribution in [0, 0.1) is 0 Å². The Bertz CT molecular complexity index is 628. The number of rotatable bonds is 4. The molecule has 0 spiro atoms. The number of fused-ring (bicyclic) bond motifs is 1. The van der Waals surface area contributed by atoms with Crippen LogP contribution in [0.2, 0.25) is 0 Å². The topological polar surface area (TPSA) is 51.2 Å². The van der Waals surface area contributed by atoms with Crippen LogP contribution < -0.4 is 11.3 Å². The molecule has 0 bridgehead atoms. The molecule has 3 aromatic rings. The van der Waals surface area contributed by atoms with Gasteiger partial charge in [-0.1, -0.05) is 48.5 Å². The maximum absolute atomic E-state index is 5.85. The third kappa shape index (κ3) is 2.52. The summed E-state index contributed by atoms with van der Waals surface area (Å²) in [6, 6.07) is 20.3. The highest BCUT2D eigenvalue weighted by atomic mass is 16.3. The summed E-state index contributed by atoms with van der Waals surface area (Å²) < 4.78 is 5.85. The van der Waals surface area contributed by atoms with E-state index in [4.69, 9.17) is 10.3 Å². The first-order chi connectivity index (χ1) is 9.36. The molecule has 3 heteroatoms. The van der Waals surface area contributed by atoms with Gasteiger partial charge in [0.05, 0.1) is 6.04 Å². The lowest BCUT2D eigenvalue weighted by atomic mass is 10.0. The summed E-state index contributed by atoms with van der Waals surface area (Å²) in [6.07, 6.45) is 0.803. The molecule has 0 aliphatic heterocycles. The molecule has 0 aliphatic rings. The summed E-state index contributed by atoms with van der Waals surface area (Å²) in [5, 5.41) is 1.10. The van der Waals surface area contributed by atoms with Gasteiger partial charge in [-0.2, -0.15) is 0 Å². The van der Waals surface area contributed by atoms with E-state index in [1.807, 2.05) is 48.5 Å². The van der Waals surface area contributed by atoms with Crippen molar-refractivity contribution in [2.45, 2.75) is 12.5 Å². The van der Waals surface area contributed by atoms with Gasteiger partial charge in [0.25, 0.3) is 0 Å². The van der Waals surface area contributed by atoms with Crippen LogP contribution >= 0.6 is 0 Å². The number of nitrogens with one attached hydrogen (secondary N) is 1. The Morgan fingerprint density at radius 2 is 1.74 bits per heavy atom. The Labute approximate surface area is 112 Å². The molecule has 0 fully saturated rings. The van der Waals surface area contributed by atoms with Gasteiger partial charge in [-0.25, -0.2) is 5.43 Å². The van der Waals surface area contributed by atoms with Crippen LogP contribution in [-0.4, -0.2) is 0 Å². The highest BCUT2D eigenvalue weighted by molar-refractivity contribution is 5.77. The molecule has 2 aromatic carbocycles. The molecule has 1 unspecified atom stereocenters. The zero-order valence-electron chi connectivity index (χ0n) is 10.5. The molecule has 0 radical (unpaired) electrons. The zero-order valence-corrected chi connectivity index (χ0v) is 10.5. The van der Waals surface area contributed by atoms with E-state index < -0.39 is 0 Å². The molecule has 19 heavy (non-hydrogen) atoms. The maximum atomic E-state index is 5.85. The van der Waals surface area contributed by atoms with Gasteiger partial charge in [-0.05, 0) is 24.1 Å². The molecule has 0 saturated heterocycles. The number of para-hydroxylation sites is 1. The van der Waals surface area contributed by atoms with Crippen molar-refractivity contribution in [3.63, 3.8) is 0 Å². The SMILES string of the molecule is NNC(Cc1ccccc1)c1cc2ccccc2o1. The molecule has 0 amide bonds. The molecular formula is C16H16N2O. The lowest BCUT2D eigenvalue weighted by Crippen LogP contribution is -2.29. The predicted octanol–water partition coefficient (Wildman–Crippen LogP) is 3.18. The van der Waals surface area contributed by atoms with E-state index in [0.717, 1.165) is 23.2 Å². The molecule has 96 valence electrons. The van der Waals surface area contributed by atoms with Crippen molar-refractivity contribution in [2.24, 2.45) is 5.84 Å². The smallest absolute Gasteiger partial charge is 0.134 e. The normalized spacial score (nSPS) is 12.7. The average molecular weight is 252 g/mol. The van der Waals surface area contributed by atoms with Crippen molar-refractivity contribution in [1.82, 2.24) is 5.43 Å². The molecule has 3 nitrogen and oxygen atoms in total. The van der Waals surface area contributed by atoms with Gasteiger partial charge < -0.3 is 4.42 Å². The lowest BCUT2D eigenvalue weighted by molar-refractivity contribution is 0.434. The zero-order chi connectivity index (χ0) is 13.1. The molecule has 0 aliphatic carbocycles. The van der Waals surface area contributed by atoms with Crippen LogP contribution in [0.3, 0.4) is 0 Å². The van der Waals surface area contributed by atoms with Crippen LogP contribution in [0.1, 0.15) is 17.4 Å². The van der Waals surface area contributed by atoms with Gasteiger partial charge in [0.15, 0.2) is 0 Å². The second kappa shape index (κ2) is 5.26. The molecule has 3 N–H and O–H groups in total. The van der Waals surface area contributed by atoms with Crippen LogP contribution in [0.5, 0.6) is 0 Å². The van der Waals surface area contributed by atoms with Crippen molar-refractivity contribution < 1.29 is 4.42 Å². The van der Waals surface area contributed by atoms with Gasteiger partial charge >= 0.3 is 0 Å². The van der Waals surface area contributed by atoms with Crippen molar-refractivity contribution >= 4 is 11.0 Å². The molecule has 1 heterocycles. The van der Waals surface area contributed by atoms with E-state index in [1.54, 1.807) is 0 Å². The number of hydrazine groups is 1. The Morgan fingerprint density at radius 1 is 1.00 bits per heavy atom. The first-order valence-electron chi connectivity index (χ1n) is 6.35. The highest BCUT2D eigenvalue weighted by Crippen LogP contribution is 2.25. The second-order valence-corrected chi connectivity index (χ2v) is 4.60. The number of benzene rings is 2. The van der Waals surface area contributed by atoms with Crippen molar-refractivity contribution in [3.05, 3.63) is 72.0 Å². The summed E-state index contributed by atoms with van der Waals surface area (Å²) in [5.41, 5.74) is 4.96. The fourth-order valence-corrected chi connectivity index (χ4v) is 2.27.